The molecule has 1 rings (SSSR count). The van der Waals surface area contributed by atoms with Gasteiger partial charge in [0, 0.05) is 5.54 Å². The van der Waals surface area contributed by atoms with Crippen LogP contribution < -0.4 is 16.4 Å². The molecule has 0 saturated carbocycles. The van der Waals surface area contributed by atoms with Crippen molar-refractivity contribution in [3.05, 3.63) is 35.9 Å². The zero-order valence-electron chi connectivity index (χ0n) is 15.5. The van der Waals surface area contributed by atoms with Crippen LogP contribution in [0.15, 0.2) is 35.3 Å². The summed E-state index contributed by atoms with van der Waals surface area (Å²) in [4.78, 5) is 16.4. The predicted octanol–water partition coefficient (Wildman–Crippen LogP) is 2.96. The summed E-state index contributed by atoms with van der Waals surface area (Å²) in [6, 6.07) is 9.31. The summed E-state index contributed by atoms with van der Waals surface area (Å²) in [7, 11) is 0. The zero-order valence-corrected chi connectivity index (χ0v) is 15.5. The van der Waals surface area contributed by atoms with Gasteiger partial charge in [-0.25, -0.2) is 4.79 Å². The number of alkyl carbamates (subject to hydrolysis) is 1. The Hall–Kier alpha value is -2.24. The third-order valence-corrected chi connectivity index (χ3v) is 2.84. The summed E-state index contributed by atoms with van der Waals surface area (Å²) in [5, 5.41) is 5.96. The highest BCUT2D eigenvalue weighted by Crippen LogP contribution is 2.15. The zero-order chi connectivity index (χ0) is 18.4. The molecule has 0 spiro atoms. The van der Waals surface area contributed by atoms with Crippen LogP contribution in [0.25, 0.3) is 0 Å². The van der Waals surface area contributed by atoms with E-state index in [1.54, 1.807) is 0 Å². The first kappa shape index (κ1) is 19.8. The number of aliphatic imine (C=N–C) groups is 1. The summed E-state index contributed by atoms with van der Waals surface area (Å²) < 4.78 is 5.33. The minimum absolute atomic E-state index is 0.172. The third-order valence-electron chi connectivity index (χ3n) is 2.84. The van der Waals surface area contributed by atoms with E-state index in [-0.39, 0.29) is 11.6 Å². The number of carbonyl (C=O) groups excluding carboxylic acids is 1. The van der Waals surface area contributed by atoms with Crippen molar-refractivity contribution in [3.63, 3.8) is 0 Å². The minimum Gasteiger partial charge on any atom is -0.444 e. The third kappa shape index (κ3) is 8.41. The van der Waals surface area contributed by atoms with Crippen LogP contribution in [0.2, 0.25) is 0 Å². The molecule has 1 aromatic carbocycles. The molecule has 0 aliphatic heterocycles. The van der Waals surface area contributed by atoms with Gasteiger partial charge in [-0.3, -0.25) is 4.99 Å². The number of guanidine groups is 1. The topological polar surface area (TPSA) is 88.7 Å². The monoisotopic (exact) mass is 334 g/mol. The fourth-order valence-electron chi connectivity index (χ4n) is 1.98. The molecule has 0 fully saturated rings. The maximum atomic E-state index is 12.1. The van der Waals surface area contributed by atoms with E-state index in [0.29, 0.717) is 12.5 Å². The molecular formula is C18H30N4O2. The fraction of sp³-hybridized carbons (Fsp3) is 0.556. The highest BCUT2D eigenvalue weighted by atomic mass is 16.6. The van der Waals surface area contributed by atoms with Gasteiger partial charge in [-0.2, -0.15) is 0 Å². The van der Waals surface area contributed by atoms with E-state index >= 15 is 0 Å². The Balaban J connectivity index is 2.84. The lowest BCUT2D eigenvalue weighted by Crippen LogP contribution is -2.45. The normalized spacial score (nSPS) is 14.0. The lowest BCUT2D eigenvalue weighted by atomic mass is 10.1. The second kappa shape index (κ2) is 8.04. The standard InChI is InChI=1S/C18H30N4O2/c1-17(2,3)22-15(19)20-12-14(13-10-8-7-9-11-13)21-16(23)24-18(4,5)6/h7-11,14H,12H2,1-6H3,(H,21,23)(H3,19,20,22). The van der Waals surface area contributed by atoms with Crippen molar-refractivity contribution in [2.24, 2.45) is 10.7 Å². The summed E-state index contributed by atoms with van der Waals surface area (Å²) in [5.41, 5.74) is 6.13. The molecule has 0 aromatic heterocycles. The first-order valence-electron chi connectivity index (χ1n) is 8.09. The molecule has 4 N–H and O–H groups in total. The molecule has 6 nitrogen and oxygen atoms in total. The van der Waals surface area contributed by atoms with Crippen LogP contribution in [0.4, 0.5) is 4.79 Å². The van der Waals surface area contributed by atoms with E-state index in [2.05, 4.69) is 15.6 Å². The molecule has 1 atom stereocenters. The van der Waals surface area contributed by atoms with Gasteiger partial charge in [0.1, 0.15) is 5.60 Å². The predicted molar refractivity (Wildman–Crippen MR) is 97.9 cm³/mol. The van der Waals surface area contributed by atoms with Crippen molar-refractivity contribution >= 4 is 12.1 Å². The Morgan fingerprint density at radius 3 is 2.25 bits per heavy atom. The second-order valence-electron chi connectivity index (χ2n) is 7.71. The highest BCUT2D eigenvalue weighted by Gasteiger charge is 2.20. The van der Waals surface area contributed by atoms with Gasteiger partial charge in [0.25, 0.3) is 0 Å². The van der Waals surface area contributed by atoms with Crippen molar-refractivity contribution in [3.8, 4) is 0 Å². The number of nitrogens with zero attached hydrogens (tertiary/aromatic N) is 1. The minimum atomic E-state index is -0.554. The molecule has 24 heavy (non-hydrogen) atoms. The number of nitrogens with one attached hydrogen (secondary N) is 2. The van der Waals surface area contributed by atoms with Crippen molar-refractivity contribution in [1.82, 2.24) is 10.6 Å². The van der Waals surface area contributed by atoms with Crippen molar-refractivity contribution in [2.75, 3.05) is 6.54 Å². The average molecular weight is 334 g/mol. The van der Waals surface area contributed by atoms with Crippen LogP contribution in [0.5, 0.6) is 0 Å². The maximum absolute atomic E-state index is 12.1. The molecule has 0 saturated heterocycles. The molecule has 0 aliphatic carbocycles. The van der Waals surface area contributed by atoms with E-state index in [1.165, 1.54) is 0 Å². The van der Waals surface area contributed by atoms with E-state index in [9.17, 15) is 4.79 Å². The Labute approximate surface area is 144 Å². The number of amides is 1. The van der Waals surface area contributed by atoms with Gasteiger partial charge < -0.3 is 21.1 Å². The van der Waals surface area contributed by atoms with Crippen molar-refractivity contribution in [1.29, 1.82) is 0 Å². The van der Waals surface area contributed by atoms with Crippen molar-refractivity contribution in [2.45, 2.75) is 58.7 Å². The Morgan fingerprint density at radius 1 is 1.17 bits per heavy atom. The SMILES string of the molecule is CC(C)(C)NC(N)=NCC(NC(=O)OC(C)(C)C)c1ccccc1. The van der Waals surface area contributed by atoms with E-state index in [4.69, 9.17) is 10.5 Å². The average Bonchev–Trinajstić information content (AvgIpc) is 2.40. The van der Waals surface area contributed by atoms with Crippen LogP contribution in [0.3, 0.4) is 0 Å². The summed E-state index contributed by atoms with van der Waals surface area (Å²) in [6.45, 7) is 11.8. The van der Waals surface area contributed by atoms with Gasteiger partial charge in [-0.1, -0.05) is 30.3 Å². The lowest BCUT2D eigenvalue weighted by Gasteiger charge is -2.24. The summed E-state index contributed by atoms with van der Waals surface area (Å²) >= 11 is 0. The van der Waals surface area contributed by atoms with Gasteiger partial charge in [-0.05, 0) is 47.1 Å². The van der Waals surface area contributed by atoms with Gasteiger partial charge in [0.05, 0.1) is 12.6 Å². The largest absolute Gasteiger partial charge is 0.444 e. The Morgan fingerprint density at radius 2 is 1.75 bits per heavy atom. The number of benzene rings is 1. The number of hydrogen-bond acceptors (Lipinski definition) is 3. The lowest BCUT2D eigenvalue weighted by molar-refractivity contribution is 0.0505. The van der Waals surface area contributed by atoms with E-state index < -0.39 is 11.7 Å². The van der Waals surface area contributed by atoms with Gasteiger partial charge in [0.15, 0.2) is 5.96 Å². The number of nitrogens with two attached hydrogens (primary N) is 1. The molecule has 0 heterocycles. The summed E-state index contributed by atoms with van der Waals surface area (Å²) in [5.74, 6) is 0.342. The Kier molecular flexibility index (Phi) is 6.63. The van der Waals surface area contributed by atoms with Gasteiger partial charge in [-0.15, -0.1) is 0 Å². The molecule has 134 valence electrons. The molecule has 0 bridgehead atoms. The molecule has 1 aromatic rings. The van der Waals surface area contributed by atoms with E-state index in [0.717, 1.165) is 5.56 Å². The van der Waals surface area contributed by atoms with Crippen LogP contribution in [0.1, 0.15) is 53.1 Å². The first-order chi connectivity index (χ1) is 11.0. The number of carbonyl (C=O) groups is 1. The summed E-state index contributed by atoms with van der Waals surface area (Å²) in [6.07, 6.45) is -0.478. The number of hydrogen-bond donors (Lipinski definition) is 3. The van der Waals surface area contributed by atoms with Gasteiger partial charge >= 0.3 is 6.09 Å². The molecule has 0 aliphatic rings. The second-order valence-corrected chi connectivity index (χ2v) is 7.71. The smallest absolute Gasteiger partial charge is 0.408 e. The van der Waals surface area contributed by atoms with Crippen molar-refractivity contribution < 1.29 is 9.53 Å². The number of ether oxygens (including phenoxy) is 1. The molecule has 0 radical (unpaired) electrons. The van der Waals surface area contributed by atoms with Gasteiger partial charge in [0.2, 0.25) is 0 Å². The highest BCUT2D eigenvalue weighted by molar-refractivity contribution is 5.78. The molecular weight excluding hydrogens is 304 g/mol. The van der Waals surface area contributed by atoms with Crippen LogP contribution in [0, 0.1) is 0 Å². The van der Waals surface area contributed by atoms with Crippen LogP contribution in [-0.2, 0) is 4.74 Å². The first-order valence-corrected chi connectivity index (χ1v) is 8.09. The van der Waals surface area contributed by atoms with Crippen LogP contribution >= 0.6 is 0 Å². The molecule has 6 heteroatoms. The maximum Gasteiger partial charge on any atom is 0.408 e. The molecule has 1 amide bonds. The number of rotatable bonds is 4. The van der Waals surface area contributed by atoms with E-state index in [1.807, 2.05) is 71.9 Å². The molecule has 1 unspecified atom stereocenters. The van der Waals surface area contributed by atoms with Crippen LogP contribution in [-0.4, -0.2) is 29.7 Å². The Bertz CT molecular complexity index is 557. The quantitative estimate of drug-likeness (QED) is 0.583. The fourth-order valence-corrected chi connectivity index (χ4v) is 1.98.